The second-order valence-corrected chi connectivity index (χ2v) is 7.22. The van der Waals surface area contributed by atoms with E-state index >= 15 is 0 Å². The molecular weight excluding hydrogens is 287 g/mol. The summed E-state index contributed by atoms with van der Waals surface area (Å²) >= 11 is 5.23. The highest BCUT2D eigenvalue weighted by Gasteiger charge is 2.31. The Hall–Kier alpha value is -1.21. The molecule has 1 aliphatic rings. The van der Waals surface area contributed by atoms with E-state index in [1.807, 2.05) is 0 Å². The quantitative estimate of drug-likeness (QED) is 0.842. The molecule has 7 heteroatoms. The molecule has 1 atom stereocenters. The van der Waals surface area contributed by atoms with Crippen LogP contribution in [0, 0.1) is 5.82 Å². The van der Waals surface area contributed by atoms with Crippen LogP contribution in [-0.4, -0.2) is 43.0 Å². The van der Waals surface area contributed by atoms with Crippen LogP contribution >= 0.6 is 12.2 Å². The van der Waals surface area contributed by atoms with E-state index in [1.54, 1.807) is 24.1 Å². The highest BCUT2D eigenvalue weighted by molar-refractivity contribution is 7.91. The van der Waals surface area contributed by atoms with Crippen LogP contribution < -0.4 is 5.32 Å². The molecule has 0 aromatic heterocycles. The van der Waals surface area contributed by atoms with Crippen LogP contribution in [0.3, 0.4) is 0 Å². The Kier molecular flexibility index (Phi) is 4.05. The second kappa shape index (κ2) is 5.42. The third-order valence-corrected chi connectivity index (χ3v) is 5.31. The zero-order chi connectivity index (χ0) is 14.0. The van der Waals surface area contributed by atoms with E-state index in [4.69, 9.17) is 12.2 Å². The van der Waals surface area contributed by atoms with Gasteiger partial charge in [-0.2, -0.15) is 0 Å². The van der Waals surface area contributed by atoms with Gasteiger partial charge in [0.05, 0.1) is 11.5 Å². The minimum Gasteiger partial charge on any atom is -0.348 e. The van der Waals surface area contributed by atoms with Crippen molar-refractivity contribution in [3.63, 3.8) is 0 Å². The van der Waals surface area contributed by atoms with Crippen molar-refractivity contribution in [2.45, 2.75) is 12.5 Å². The van der Waals surface area contributed by atoms with Gasteiger partial charge in [-0.25, -0.2) is 12.8 Å². The van der Waals surface area contributed by atoms with Gasteiger partial charge in [-0.1, -0.05) is 0 Å². The zero-order valence-corrected chi connectivity index (χ0v) is 12.1. The Morgan fingerprint density at radius 3 is 2.58 bits per heavy atom. The number of nitrogens with zero attached hydrogens (tertiary/aromatic N) is 1. The summed E-state index contributed by atoms with van der Waals surface area (Å²) in [6, 6.07) is 5.75. The Labute approximate surface area is 117 Å². The zero-order valence-electron chi connectivity index (χ0n) is 10.5. The molecule has 4 nitrogen and oxygen atoms in total. The molecule has 0 amide bonds. The number of benzene rings is 1. The van der Waals surface area contributed by atoms with Gasteiger partial charge in [0, 0.05) is 18.8 Å². The molecule has 1 aromatic rings. The third kappa shape index (κ3) is 3.63. The van der Waals surface area contributed by atoms with Crippen LogP contribution in [-0.2, 0) is 9.84 Å². The van der Waals surface area contributed by atoms with Crippen LogP contribution in [0.1, 0.15) is 6.42 Å². The highest BCUT2D eigenvalue weighted by Crippen LogP contribution is 2.18. The van der Waals surface area contributed by atoms with Crippen molar-refractivity contribution in [1.82, 2.24) is 4.90 Å². The molecule has 104 valence electrons. The maximum Gasteiger partial charge on any atom is 0.173 e. The lowest BCUT2D eigenvalue weighted by molar-refractivity contribution is 0.402. The summed E-state index contributed by atoms with van der Waals surface area (Å²) in [5.41, 5.74) is 0.680. The molecule has 2 rings (SSSR count). The summed E-state index contributed by atoms with van der Waals surface area (Å²) in [7, 11) is -1.16. The molecule has 0 unspecified atom stereocenters. The van der Waals surface area contributed by atoms with Gasteiger partial charge in [0.25, 0.3) is 0 Å². The van der Waals surface area contributed by atoms with Crippen LogP contribution in [0.4, 0.5) is 10.1 Å². The summed E-state index contributed by atoms with van der Waals surface area (Å²) in [6.07, 6.45) is 0.587. The van der Waals surface area contributed by atoms with Crippen molar-refractivity contribution in [3.05, 3.63) is 30.1 Å². The fourth-order valence-electron chi connectivity index (χ4n) is 1.99. The van der Waals surface area contributed by atoms with Gasteiger partial charge in [-0.05, 0) is 42.9 Å². The number of hydrogen-bond acceptors (Lipinski definition) is 3. The summed E-state index contributed by atoms with van der Waals surface area (Å²) in [4.78, 5) is 1.75. The van der Waals surface area contributed by atoms with E-state index in [1.165, 1.54) is 12.1 Å². The first kappa shape index (κ1) is 14.2. The van der Waals surface area contributed by atoms with E-state index in [-0.39, 0.29) is 23.4 Å². The van der Waals surface area contributed by atoms with E-state index in [9.17, 15) is 12.8 Å². The molecule has 0 bridgehead atoms. The van der Waals surface area contributed by atoms with Crippen LogP contribution in [0.5, 0.6) is 0 Å². The lowest BCUT2D eigenvalue weighted by atomic mass is 10.2. The minimum atomic E-state index is -2.93. The average molecular weight is 302 g/mol. The molecule has 1 aliphatic heterocycles. The largest absolute Gasteiger partial charge is 0.348 e. The van der Waals surface area contributed by atoms with Gasteiger partial charge < -0.3 is 10.2 Å². The number of sulfone groups is 1. The van der Waals surface area contributed by atoms with E-state index in [0.717, 1.165) is 0 Å². The minimum absolute atomic E-state index is 0.0922. The number of rotatable bonds is 2. The van der Waals surface area contributed by atoms with Gasteiger partial charge >= 0.3 is 0 Å². The van der Waals surface area contributed by atoms with Gasteiger partial charge in [0.2, 0.25) is 0 Å². The summed E-state index contributed by atoms with van der Waals surface area (Å²) < 4.78 is 35.6. The Bertz CT molecular complexity index is 572. The molecule has 0 radical (unpaired) electrons. The van der Waals surface area contributed by atoms with Gasteiger partial charge in [-0.3, -0.25) is 0 Å². The second-order valence-electron chi connectivity index (χ2n) is 4.60. The summed E-state index contributed by atoms with van der Waals surface area (Å²) in [5.74, 6) is 0.0299. The standard InChI is InChI=1S/C12H15FN2O2S2/c1-15(11-6-7-19(16,17)8-11)12(18)14-10-4-2-9(13)3-5-10/h2-5,11H,6-8H2,1H3,(H,14,18)/t11-/m1/s1. The first-order chi connectivity index (χ1) is 8.87. The van der Waals surface area contributed by atoms with E-state index in [2.05, 4.69) is 5.32 Å². The molecule has 0 aliphatic carbocycles. The Morgan fingerprint density at radius 2 is 2.05 bits per heavy atom. The smallest absolute Gasteiger partial charge is 0.173 e. The van der Waals surface area contributed by atoms with Crippen molar-refractivity contribution in [3.8, 4) is 0 Å². The van der Waals surface area contributed by atoms with Crippen molar-refractivity contribution in [2.75, 3.05) is 23.9 Å². The molecule has 19 heavy (non-hydrogen) atoms. The van der Waals surface area contributed by atoms with Crippen molar-refractivity contribution in [2.24, 2.45) is 0 Å². The Balaban J connectivity index is 1.98. The highest BCUT2D eigenvalue weighted by atomic mass is 32.2. The lowest BCUT2D eigenvalue weighted by Gasteiger charge is -2.26. The lowest BCUT2D eigenvalue weighted by Crippen LogP contribution is -2.40. The van der Waals surface area contributed by atoms with Crippen LogP contribution in [0.25, 0.3) is 0 Å². The maximum absolute atomic E-state index is 12.8. The fraction of sp³-hybridized carbons (Fsp3) is 0.417. The average Bonchev–Trinajstić information content (AvgIpc) is 2.71. The summed E-state index contributed by atoms with van der Waals surface area (Å²) in [6.45, 7) is 0. The van der Waals surface area contributed by atoms with Crippen molar-refractivity contribution in [1.29, 1.82) is 0 Å². The number of nitrogens with one attached hydrogen (secondary N) is 1. The number of halogens is 1. The van der Waals surface area contributed by atoms with Gasteiger partial charge in [0.15, 0.2) is 14.9 Å². The van der Waals surface area contributed by atoms with Gasteiger partial charge in [0.1, 0.15) is 5.82 Å². The Morgan fingerprint density at radius 1 is 1.42 bits per heavy atom. The predicted molar refractivity (Wildman–Crippen MR) is 77.4 cm³/mol. The number of thiocarbonyl (C=S) groups is 1. The fourth-order valence-corrected chi connectivity index (χ4v) is 4.03. The molecule has 1 N–H and O–H groups in total. The first-order valence-corrected chi connectivity index (χ1v) is 8.10. The van der Waals surface area contributed by atoms with Crippen LogP contribution in [0.15, 0.2) is 24.3 Å². The number of hydrogen-bond donors (Lipinski definition) is 1. The predicted octanol–water partition coefficient (Wildman–Crippen LogP) is 1.64. The monoisotopic (exact) mass is 302 g/mol. The first-order valence-electron chi connectivity index (χ1n) is 5.87. The molecule has 1 heterocycles. The van der Waals surface area contributed by atoms with Crippen LogP contribution in [0.2, 0.25) is 0 Å². The topological polar surface area (TPSA) is 49.4 Å². The molecule has 0 saturated carbocycles. The van der Waals surface area contributed by atoms with Crippen molar-refractivity contribution < 1.29 is 12.8 Å². The normalized spacial score (nSPS) is 21.1. The van der Waals surface area contributed by atoms with Crippen molar-refractivity contribution >= 4 is 32.9 Å². The molecule has 0 spiro atoms. The van der Waals surface area contributed by atoms with Gasteiger partial charge in [-0.15, -0.1) is 0 Å². The molecule has 1 fully saturated rings. The molecule has 1 saturated heterocycles. The SMILES string of the molecule is CN(C(=S)Nc1ccc(F)cc1)[C@@H]1CCS(=O)(=O)C1. The summed E-state index contributed by atoms with van der Waals surface area (Å²) in [5, 5.41) is 3.41. The number of anilines is 1. The molecule has 1 aromatic carbocycles. The molecular formula is C12H15FN2O2S2. The maximum atomic E-state index is 12.8. The third-order valence-electron chi connectivity index (χ3n) is 3.17. The van der Waals surface area contributed by atoms with E-state index < -0.39 is 9.84 Å². The van der Waals surface area contributed by atoms with E-state index in [0.29, 0.717) is 17.2 Å².